The molecule has 0 radical (unpaired) electrons. The first-order valence-electron chi connectivity index (χ1n) is 10.2. The summed E-state index contributed by atoms with van der Waals surface area (Å²) in [5.74, 6) is -0.220. The van der Waals surface area contributed by atoms with Crippen molar-refractivity contribution in [2.24, 2.45) is 5.10 Å². The molecule has 0 atom stereocenters. The number of aliphatic hydroxyl groups excluding tert-OH is 2. The molecule has 1 aromatic heterocycles. The SMILES string of the molecule is Cc1nc(NC(C)(CO)CO)nc(NN=Cc2ccc(Cl)cc2)c1C(=O)Nc1ccc(Cl)cc1. The van der Waals surface area contributed by atoms with Crippen LogP contribution in [0.2, 0.25) is 10.0 Å². The average Bonchev–Trinajstić information content (AvgIpc) is 2.81. The van der Waals surface area contributed by atoms with Crippen LogP contribution in [0.25, 0.3) is 0 Å². The van der Waals surface area contributed by atoms with Crippen LogP contribution in [0.4, 0.5) is 17.5 Å². The first kappa shape index (κ1) is 25.4. The maximum Gasteiger partial charge on any atom is 0.261 e. The molecule has 34 heavy (non-hydrogen) atoms. The lowest BCUT2D eigenvalue weighted by Gasteiger charge is -2.26. The predicted octanol–water partition coefficient (Wildman–Crippen LogP) is 3.95. The van der Waals surface area contributed by atoms with Gasteiger partial charge < -0.3 is 20.8 Å². The lowest BCUT2D eigenvalue weighted by Crippen LogP contribution is -2.43. The number of carbonyl (C=O) groups is 1. The molecule has 0 aliphatic rings. The number of nitrogens with zero attached hydrogens (tertiary/aromatic N) is 3. The quantitative estimate of drug-likeness (QED) is 0.221. The van der Waals surface area contributed by atoms with Crippen LogP contribution in [0.15, 0.2) is 53.6 Å². The Morgan fingerprint density at radius 1 is 1.03 bits per heavy atom. The monoisotopic (exact) mass is 502 g/mol. The number of nitrogens with one attached hydrogen (secondary N) is 3. The smallest absolute Gasteiger partial charge is 0.261 e. The summed E-state index contributed by atoms with van der Waals surface area (Å²) < 4.78 is 0. The molecule has 1 heterocycles. The highest BCUT2D eigenvalue weighted by atomic mass is 35.5. The van der Waals surface area contributed by atoms with Crippen molar-refractivity contribution in [3.63, 3.8) is 0 Å². The van der Waals surface area contributed by atoms with E-state index in [0.29, 0.717) is 21.4 Å². The number of rotatable bonds is 9. The minimum Gasteiger partial charge on any atom is -0.394 e. The number of amides is 1. The molecule has 0 bridgehead atoms. The number of aliphatic hydroxyl groups is 2. The topological polar surface area (TPSA) is 132 Å². The van der Waals surface area contributed by atoms with Gasteiger partial charge in [-0.05, 0) is 55.8 Å². The molecule has 11 heteroatoms. The van der Waals surface area contributed by atoms with E-state index in [2.05, 4.69) is 31.1 Å². The highest BCUT2D eigenvalue weighted by molar-refractivity contribution is 6.31. The van der Waals surface area contributed by atoms with Gasteiger partial charge in [-0.15, -0.1) is 0 Å². The molecule has 3 aromatic rings. The maximum absolute atomic E-state index is 13.1. The zero-order valence-corrected chi connectivity index (χ0v) is 20.0. The molecule has 0 aliphatic heterocycles. The molecule has 1 amide bonds. The molecule has 0 fully saturated rings. The number of hydrogen-bond acceptors (Lipinski definition) is 8. The van der Waals surface area contributed by atoms with Gasteiger partial charge >= 0.3 is 0 Å². The van der Waals surface area contributed by atoms with Crippen molar-refractivity contribution in [1.29, 1.82) is 0 Å². The Hall–Kier alpha value is -3.24. The number of aromatic nitrogens is 2. The first-order chi connectivity index (χ1) is 16.2. The fourth-order valence-corrected chi connectivity index (χ4v) is 3.08. The van der Waals surface area contributed by atoms with Crippen LogP contribution in [0.5, 0.6) is 0 Å². The largest absolute Gasteiger partial charge is 0.394 e. The molecule has 178 valence electrons. The van der Waals surface area contributed by atoms with Gasteiger partial charge in [-0.1, -0.05) is 35.3 Å². The second-order valence-electron chi connectivity index (χ2n) is 7.74. The van der Waals surface area contributed by atoms with E-state index in [1.165, 1.54) is 0 Å². The van der Waals surface area contributed by atoms with Gasteiger partial charge in [-0.2, -0.15) is 10.1 Å². The van der Waals surface area contributed by atoms with Crippen LogP contribution in [0.3, 0.4) is 0 Å². The van der Waals surface area contributed by atoms with Gasteiger partial charge in [0.25, 0.3) is 5.91 Å². The minimum absolute atomic E-state index is 0.107. The van der Waals surface area contributed by atoms with Crippen molar-refractivity contribution in [3.05, 3.63) is 75.4 Å². The third-order valence-electron chi connectivity index (χ3n) is 4.78. The van der Waals surface area contributed by atoms with Crippen molar-refractivity contribution >= 4 is 52.8 Å². The van der Waals surface area contributed by atoms with Crippen molar-refractivity contribution in [2.75, 3.05) is 29.3 Å². The number of anilines is 3. The van der Waals surface area contributed by atoms with Crippen molar-refractivity contribution < 1.29 is 15.0 Å². The Morgan fingerprint density at radius 3 is 2.21 bits per heavy atom. The molecule has 3 rings (SSSR count). The van der Waals surface area contributed by atoms with Gasteiger partial charge in [0.15, 0.2) is 5.82 Å². The molecule has 5 N–H and O–H groups in total. The molecular formula is C23H24Cl2N6O3. The van der Waals surface area contributed by atoms with Gasteiger partial charge in [0.1, 0.15) is 5.56 Å². The fraction of sp³-hybridized carbons (Fsp3) is 0.217. The van der Waals surface area contributed by atoms with Crippen LogP contribution >= 0.6 is 23.2 Å². The Labute approximate surface area is 206 Å². The van der Waals surface area contributed by atoms with Gasteiger partial charge in [-0.3, -0.25) is 10.2 Å². The second kappa shape index (κ2) is 11.3. The van der Waals surface area contributed by atoms with Crippen LogP contribution in [0.1, 0.15) is 28.5 Å². The van der Waals surface area contributed by atoms with Crippen LogP contribution in [-0.4, -0.2) is 51.1 Å². The molecule has 0 saturated carbocycles. The van der Waals surface area contributed by atoms with Gasteiger partial charge in [-0.25, -0.2) is 4.98 Å². The van der Waals surface area contributed by atoms with E-state index in [-0.39, 0.29) is 30.5 Å². The van der Waals surface area contributed by atoms with E-state index in [9.17, 15) is 15.0 Å². The number of benzene rings is 2. The summed E-state index contributed by atoms with van der Waals surface area (Å²) in [7, 11) is 0. The number of carbonyl (C=O) groups excluding carboxylic acids is 1. The van der Waals surface area contributed by atoms with Gasteiger partial charge in [0.05, 0.1) is 30.7 Å². The Kier molecular flexibility index (Phi) is 8.41. The summed E-state index contributed by atoms with van der Waals surface area (Å²) in [6, 6.07) is 13.7. The number of halogens is 2. The molecule has 9 nitrogen and oxygen atoms in total. The predicted molar refractivity (Wildman–Crippen MR) is 135 cm³/mol. The first-order valence-corrected chi connectivity index (χ1v) is 11.0. The Bertz CT molecular complexity index is 1170. The number of hydrazone groups is 1. The number of hydrogen-bond donors (Lipinski definition) is 5. The Balaban J connectivity index is 1.94. The highest BCUT2D eigenvalue weighted by Gasteiger charge is 2.25. The van der Waals surface area contributed by atoms with Gasteiger partial charge in [0.2, 0.25) is 5.95 Å². The maximum atomic E-state index is 13.1. The molecule has 0 unspecified atom stereocenters. The van der Waals surface area contributed by atoms with E-state index < -0.39 is 11.4 Å². The summed E-state index contributed by atoms with van der Waals surface area (Å²) >= 11 is 11.8. The molecule has 0 aliphatic carbocycles. The zero-order chi connectivity index (χ0) is 24.7. The average molecular weight is 503 g/mol. The van der Waals surface area contributed by atoms with Crippen LogP contribution in [0, 0.1) is 6.92 Å². The standard InChI is InChI=1S/C23H24Cl2N6O3/c1-14-19(21(34)28-18-9-7-17(25)8-10-18)20(29-22(27-14)30-23(2,12-32)13-33)31-26-11-15-3-5-16(24)6-4-15/h3-11,32-33H,12-13H2,1-2H3,(H,28,34)(H2,27,29,30,31). The van der Waals surface area contributed by atoms with Crippen LogP contribution in [-0.2, 0) is 0 Å². The summed E-state index contributed by atoms with van der Waals surface area (Å²) in [4.78, 5) is 21.8. The Morgan fingerprint density at radius 2 is 1.62 bits per heavy atom. The van der Waals surface area contributed by atoms with E-state index in [0.717, 1.165) is 5.56 Å². The third-order valence-corrected chi connectivity index (χ3v) is 5.29. The zero-order valence-electron chi connectivity index (χ0n) is 18.5. The molecule has 2 aromatic carbocycles. The molecular weight excluding hydrogens is 479 g/mol. The van der Waals surface area contributed by atoms with Crippen molar-refractivity contribution in [2.45, 2.75) is 19.4 Å². The van der Waals surface area contributed by atoms with Crippen LogP contribution < -0.4 is 16.1 Å². The normalized spacial score (nSPS) is 11.5. The second-order valence-corrected chi connectivity index (χ2v) is 8.61. The summed E-state index contributed by atoms with van der Waals surface area (Å²) in [6.07, 6.45) is 1.55. The molecule has 0 saturated heterocycles. The summed E-state index contributed by atoms with van der Waals surface area (Å²) in [6.45, 7) is 2.54. The van der Waals surface area contributed by atoms with Crippen molar-refractivity contribution in [1.82, 2.24) is 9.97 Å². The fourth-order valence-electron chi connectivity index (χ4n) is 2.82. The van der Waals surface area contributed by atoms with E-state index in [1.807, 2.05) is 0 Å². The van der Waals surface area contributed by atoms with E-state index in [1.54, 1.807) is 68.6 Å². The summed E-state index contributed by atoms with van der Waals surface area (Å²) in [5, 5.41) is 30.2. The third kappa shape index (κ3) is 6.64. The minimum atomic E-state index is -1.07. The van der Waals surface area contributed by atoms with E-state index in [4.69, 9.17) is 23.2 Å². The van der Waals surface area contributed by atoms with Gasteiger partial charge in [0, 0.05) is 15.7 Å². The van der Waals surface area contributed by atoms with Crippen molar-refractivity contribution in [3.8, 4) is 0 Å². The lowest BCUT2D eigenvalue weighted by atomic mass is 10.1. The van der Waals surface area contributed by atoms with E-state index >= 15 is 0 Å². The molecule has 0 spiro atoms. The number of aryl methyl sites for hydroxylation is 1. The lowest BCUT2D eigenvalue weighted by molar-refractivity contribution is 0.102. The summed E-state index contributed by atoms with van der Waals surface area (Å²) in [5.41, 5.74) is 3.57. The highest BCUT2D eigenvalue weighted by Crippen LogP contribution is 2.23.